The van der Waals surface area contributed by atoms with Gasteiger partial charge in [-0.1, -0.05) is 24.0 Å². The van der Waals surface area contributed by atoms with Crippen LogP contribution in [0.1, 0.15) is 16.7 Å². The zero-order valence-corrected chi connectivity index (χ0v) is 17.2. The molecular weight excluding hydrogens is 388 g/mol. The number of amides is 1. The smallest absolute Gasteiger partial charge is 0.270 e. The summed E-state index contributed by atoms with van der Waals surface area (Å²) in [7, 11) is 3.33. The Morgan fingerprint density at radius 1 is 1.23 bits per heavy atom. The van der Waals surface area contributed by atoms with Crippen LogP contribution in [-0.2, 0) is 11.8 Å². The van der Waals surface area contributed by atoms with Crippen molar-refractivity contribution in [1.82, 2.24) is 9.47 Å². The number of rotatable bonds is 2. The number of carbonyl (C=O) groups is 1. The lowest BCUT2D eigenvalue weighted by atomic mass is 10.0. The first-order chi connectivity index (χ1) is 12.4. The van der Waals surface area contributed by atoms with Gasteiger partial charge in [-0.2, -0.15) is 17.0 Å². The molecule has 2 aliphatic heterocycles. The molecule has 0 radical (unpaired) electrons. The van der Waals surface area contributed by atoms with E-state index in [0.29, 0.717) is 14.8 Å². The zero-order chi connectivity index (χ0) is 19.0. The minimum atomic E-state index is -0.307. The molecule has 0 saturated carbocycles. The lowest BCUT2D eigenvalue weighted by molar-refractivity contribution is -0.121. The highest BCUT2D eigenvalue weighted by Crippen LogP contribution is 2.35. The number of hydrogen-bond donors (Lipinski definition) is 0. The van der Waals surface area contributed by atoms with Gasteiger partial charge in [-0.25, -0.2) is 0 Å². The maximum absolute atomic E-state index is 12.6. The fourth-order valence-corrected chi connectivity index (χ4v) is 5.11. The van der Waals surface area contributed by atoms with E-state index in [1.54, 1.807) is 27.1 Å². The van der Waals surface area contributed by atoms with E-state index in [0.717, 1.165) is 36.0 Å². The molecule has 0 unspecified atom stereocenters. The van der Waals surface area contributed by atoms with Crippen molar-refractivity contribution in [3.05, 3.63) is 31.9 Å². The second-order valence-corrected chi connectivity index (χ2v) is 8.95. The van der Waals surface area contributed by atoms with E-state index in [1.165, 1.54) is 21.2 Å². The molecule has 1 aromatic rings. The van der Waals surface area contributed by atoms with Gasteiger partial charge in [0.1, 0.15) is 21.8 Å². The summed E-state index contributed by atoms with van der Waals surface area (Å²) in [5.74, 6) is 2.55. The Bertz CT molecular complexity index is 923. The van der Waals surface area contributed by atoms with Crippen molar-refractivity contribution in [3.8, 4) is 6.07 Å². The van der Waals surface area contributed by atoms with Crippen molar-refractivity contribution in [1.29, 1.82) is 5.26 Å². The summed E-state index contributed by atoms with van der Waals surface area (Å²) >= 11 is 8.32. The van der Waals surface area contributed by atoms with Crippen LogP contribution >= 0.6 is 35.7 Å². The van der Waals surface area contributed by atoms with Gasteiger partial charge in [0.25, 0.3) is 11.5 Å². The van der Waals surface area contributed by atoms with Crippen LogP contribution in [0.5, 0.6) is 0 Å². The third kappa shape index (κ3) is 3.17. The molecule has 1 aromatic heterocycles. The van der Waals surface area contributed by atoms with Crippen LogP contribution in [0, 0.1) is 18.3 Å². The van der Waals surface area contributed by atoms with E-state index >= 15 is 0 Å². The first-order valence-corrected chi connectivity index (χ1v) is 10.4. The summed E-state index contributed by atoms with van der Waals surface area (Å²) in [5.41, 5.74) is 1.15. The van der Waals surface area contributed by atoms with E-state index in [1.807, 2.05) is 17.8 Å². The molecule has 26 heavy (non-hydrogen) atoms. The Hall–Kier alpha value is -1.76. The third-order valence-corrected chi connectivity index (χ3v) is 6.97. The molecule has 2 aliphatic rings. The van der Waals surface area contributed by atoms with Crippen molar-refractivity contribution in [2.45, 2.75) is 6.92 Å². The Kier molecular flexibility index (Phi) is 5.46. The van der Waals surface area contributed by atoms with Gasteiger partial charge in [0.2, 0.25) is 0 Å². The van der Waals surface area contributed by atoms with Gasteiger partial charge in [0.15, 0.2) is 0 Å². The largest absolute Gasteiger partial charge is 0.356 e. The number of carbonyl (C=O) groups excluding carboxylic acids is 1. The number of anilines is 1. The molecule has 0 aromatic carbocycles. The second kappa shape index (κ2) is 7.47. The number of hydrogen-bond acceptors (Lipinski definition) is 7. The van der Waals surface area contributed by atoms with E-state index < -0.39 is 0 Å². The molecule has 3 heterocycles. The fourth-order valence-electron chi connectivity index (χ4n) is 3.05. The predicted molar refractivity (Wildman–Crippen MR) is 112 cm³/mol. The van der Waals surface area contributed by atoms with Crippen LogP contribution in [0.4, 0.5) is 5.82 Å². The molecule has 1 amide bonds. The van der Waals surface area contributed by atoms with Crippen LogP contribution in [0.2, 0.25) is 0 Å². The molecule has 0 atom stereocenters. The summed E-state index contributed by atoms with van der Waals surface area (Å²) in [6, 6.07) is 2.02. The number of nitrogens with zero attached hydrogens (tertiary/aromatic N) is 4. The number of aromatic nitrogens is 1. The Morgan fingerprint density at radius 2 is 1.88 bits per heavy atom. The van der Waals surface area contributed by atoms with Gasteiger partial charge in [0.05, 0.1) is 4.91 Å². The molecule has 136 valence electrons. The quantitative estimate of drug-likeness (QED) is 0.549. The summed E-state index contributed by atoms with van der Waals surface area (Å²) in [5, 5.41) is 9.44. The highest BCUT2D eigenvalue weighted by atomic mass is 32.2. The normalized spacial score (nSPS) is 19.4. The van der Waals surface area contributed by atoms with E-state index in [9.17, 15) is 14.9 Å². The Labute approximate surface area is 165 Å². The maximum Gasteiger partial charge on any atom is 0.270 e. The molecule has 0 aliphatic carbocycles. The number of nitriles is 1. The average molecular weight is 407 g/mol. The standard InChI is InChI=1S/C17H18N4O2S3/c1-10-11(8-13-16(23)20(3)17(24)26-13)14(21-4-6-25-7-5-21)19(2)15(22)12(10)9-18/h8H,4-7H2,1-3H3/b13-8-. The van der Waals surface area contributed by atoms with Gasteiger partial charge >= 0.3 is 0 Å². The van der Waals surface area contributed by atoms with Crippen molar-refractivity contribution < 1.29 is 4.79 Å². The van der Waals surface area contributed by atoms with Crippen molar-refractivity contribution in [3.63, 3.8) is 0 Å². The average Bonchev–Trinajstić information content (AvgIpc) is 2.88. The molecule has 2 fully saturated rings. The van der Waals surface area contributed by atoms with Crippen LogP contribution < -0.4 is 10.5 Å². The van der Waals surface area contributed by atoms with Gasteiger partial charge in [-0.15, -0.1) is 0 Å². The number of thioether (sulfide) groups is 2. The molecule has 6 nitrogen and oxygen atoms in total. The minimum Gasteiger partial charge on any atom is -0.356 e. The molecule has 0 bridgehead atoms. The van der Waals surface area contributed by atoms with Gasteiger partial charge in [0, 0.05) is 44.3 Å². The molecule has 9 heteroatoms. The highest BCUT2D eigenvalue weighted by Gasteiger charge is 2.30. The SMILES string of the molecule is Cc1c(/C=C2\SC(=S)N(C)C2=O)c(N2CCSCC2)n(C)c(=O)c1C#N. The summed E-state index contributed by atoms with van der Waals surface area (Å²) in [4.78, 5) is 29.2. The molecule has 3 rings (SSSR count). The van der Waals surface area contributed by atoms with Gasteiger partial charge in [-0.05, 0) is 18.6 Å². The van der Waals surface area contributed by atoms with E-state index in [2.05, 4.69) is 4.90 Å². The summed E-state index contributed by atoms with van der Waals surface area (Å²) in [6.45, 7) is 3.40. The molecule has 2 saturated heterocycles. The summed E-state index contributed by atoms with van der Waals surface area (Å²) in [6.07, 6.45) is 1.77. The molecule has 0 N–H and O–H groups in total. The second-order valence-electron chi connectivity index (χ2n) is 6.05. The van der Waals surface area contributed by atoms with Crippen molar-refractivity contribution in [2.75, 3.05) is 36.5 Å². The third-order valence-electron chi connectivity index (χ3n) is 4.54. The predicted octanol–water partition coefficient (Wildman–Crippen LogP) is 1.95. The molecule has 0 spiro atoms. The first kappa shape index (κ1) is 19.0. The van der Waals surface area contributed by atoms with Crippen LogP contribution in [0.25, 0.3) is 6.08 Å². The van der Waals surface area contributed by atoms with Crippen LogP contribution in [-0.4, -0.2) is 51.3 Å². The number of likely N-dealkylation sites (N-methyl/N-ethyl adjacent to an activating group) is 1. The van der Waals surface area contributed by atoms with Crippen LogP contribution in [0.3, 0.4) is 0 Å². The van der Waals surface area contributed by atoms with Crippen molar-refractivity contribution >= 4 is 57.9 Å². The Morgan fingerprint density at radius 3 is 2.42 bits per heavy atom. The monoisotopic (exact) mass is 406 g/mol. The highest BCUT2D eigenvalue weighted by molar-refractivity contribution is 8.26. The maximum atomic E-state index is 12.6. The van der Waals surface area contributed by atoms with Crippen molar-refractivity contribution in [2.24, 2.45) is 7.05 Å². The minimum absolute atomic E-state index is 0.112. The van der Waals surface area contributed by atoms with Crippen LogP contribution in [0.15, 0.2) is 9.70 Å². The summed E-state index contributed by atoms with van der Waals surface area (Å²) < 4.78 is 2.03. The number of pyridine rings is 1. The lowest BCUT2D eigenvalue weighted by Crippen LogP contribution is -2.38. The fraction of sp³-hybridized carbons (Fsp3) is 0.412. The number of thiocarbonyl (C=S) groups is 1. The Balaban J connectivity index is 2.24. The first-order valence-electron chi connectivity index (χ1n) is 8.04. The van der Waals surface area contributed by atoms with E-state index in [4.69, 9.17) is 12.2 Å². The van der Waals surface area contributed by atoms with Gasteiger partial charge < -0.3 is 4.90 Å². The topological polar surface area (TPSA) is 69.3 Å². The zero-order valence-electron chi connectivity index (χ0n) is 14.7. The lowest BCUT2D eigenvalue weighted by Gasteiger charge is -2.32. The van der Waals surface area contributed by atoms with E-state index in [-0.39, 0.29) is 17.0 Å². The van der Waals surface area contributed by atoms with Gasteiger partial charge in [-0.3, -0.25) is 19.1 Å². The molecular formula is C17H18N4O2S3.